The molecule has 6 heteroatoms. The summed E-state index contributed by atoms with van der Waals surface area (Å²) < 4.78 is 5.21. The molecule has 0 saturated heterocycles. The molecule has 0 bridgehead atoms. The Bertz CT molecular complexity index is 954. The molecule has 0 aliphatic heterocycles. The molecule has 1 heterocycles. The van der Waals surface area contributed by atoms with Crippen LogP contribution in [0.15, 0.2) is 60.7 Å². The number of rotatable bonds is 3. The molecule has 0 saturated carbocycles. The van der Waals surface area contributed by atoms with E-state index in [1.165, 1.54) is 11.3 Å². The summed E-state index contributed by atoms with van der Waals surface area (Å²) in [5.74, 6) is 6.20. The monoisotopic (exact) mass is 401 g/mol. The van der Waals surface area contributed by atoms with Crippen molar-refractivity contribution in [1.29, 1.82) is 0 Å². The number of thiophene rings is 1. The first-order valence-electron chi connectivity index (χ1n) is 7.64. The second kappa shape index (κ2) is 8.77. The van der Waals surface area contributed by atoms with Crippen molar-refractivity contribution in [1.82, 2.24) is 0 Å². The molecule has 0 spiro atoms. The number of nitrogens with one attached hydrogen (secondary N) is 1. The number of carbonyl (C=O) groups is 1. The zero-order chi connectivity index (χ0) is 18.4. The number of amides is 1. The molecule has 0 fully saturated rings. The fraction of sp³-hybridized carbons (Fsp3) is 0.0500. The van der Waals surface area contributed by atoms with Gasteiger partial charge in [-0.1, -0.05) is 53.2 Å². The highest BCUT2D eigenvalue weighted by Gasteiger charge is 2.07. The highest BCUT2D eigenvalue weighted by molar-refractivity contribution is 7.12. The van der Waals surface area contributed by atoms with Gasteiger partial charge >= 0.3 is 6.09 Å². The lowest BCUT2D eigenvalue weighted by Gasteiger charge is -2.06. The van der Waals surface area contributed by atoms with Crippen LogP contribution in [-0.2, 0) is 11.3 Å². The summed E-state index contributed by atoms with van der Waals surface area (Å²) in [6.07, 6.45) is -0.575. The normalized spacial score (nSPS) is 9.92. The summed E-state index contributed by atoms with van der Waals surface area (Å²) in [6, 6.07) is 18.3. The molecular weight excluding hydrogens is 389 g/mol. The molecule has 2 aromatic carbocycles. The van der Waals surface area contributed by atoms with Gasteiger partial charge in [0.15, 0.2) is 0 Å². The number of hydrogen-bond acceptors (Lipinski definition) is 3. The maximum absolute atomic E-state index is 11.9. The van der Waals surface area contributed by atoms with E-state index in [1.807, 2.05) is 42.5 Å². The summed E-state index contributed by atoms with van der Waals surface area (Å²) in [7, 11) is 0. The summed E-state index contributed by atoms with van der Waals surface area (Å²) >= 11 is 13.3. The highest BCUT2D eigenvalue weighted by Crippen LogP contribution is 2.23. The van der Waals surface area contributed by atoms with Crippen LogP contribution in [0.3, 0.4) is 0 Å². The van der Waals surface area contributed by atoms with E-state index in [4.69, 9.17) is 27.9 Å². The molecular formula is C20H13Cl2NO2S. The third kappa shape index (κ3) is 5.53. The van der Waals surface area contributed by atoms with Gasteiger partial charge in [0.2, 0.25) is 0 Å². The third-order valence-corrected chi connectivity index (χ3v) is 4.63. The van der Waals surface area contributed by atoms with Crippen molar-refractivity contribution in [2.24, 2.45) is 0 Å². The zero-order valence-electron chi connectivity index (χ0n) is 13.5. The molecule has 3 nitrogen and oxygen atoms in total. The Morgan fingerprint density at radius 3 is 2.46 bits per heavy atom. The smallest absolute Gasteiger partial charge is 0.411 e. The van der Waals surface area contributed by atoms with Crippen LogP contribution in [0, 0.1) is 11.8 Å². The number of hydrogen-bond donors (Lipinski definition) is 1. The molecule has 3 aromatic rings. The molecule has 130 valence electrons. The Hall–Kier alpha value is -2.45. The number of halogens is 2. The maximum Gasteiger partial charge on any atom is 0.411 e. The van der Waals surface area contributed by atoms with E-state index < -0.39 is 6.09 Å². The Morgan fingerprint density at radius 1 is 1.00 bits per heavy atom. The number of benzene rings is 2. The largest absolute Gasteiger partial charge is 0.444 e. The molecule has 1 aromatic heterocycles. The topological polar surface area (TPSA) is 38.3 Å². The lowest BCUT2D eigenvalue weighted by atomic mass is 10.2. The first kappa shape index (κ1) is 18.3. The Balaban J connectivity index is 1.54. The lowest BCUT2D eigenvalue weighted by molar-refractivity contribution is 0.156. The fourth-order valence-electron chi connectivity index (χ4n) is 2.09. The van der Waals surface area contributed by atoms with Crippen molar-refractivity contribution in [3.8, 4) is 11.8 Å². The number of carbonyl (C=O) groups excluding carboxylic acids is 1. The van der Waals surface area contributed by atoms with Crippen LogP contribution in [-0.4, -0.2) is 6.09 Å². The molecule has 0 radical (unpaired) electrons. The molecule has 0 aliphatic carbocycles. The summed E-state index contributed by atoms with van der Waals surface area (Å²) in [4.78, 5) is 13.7. The van der Waals surface area contributed by atoms with Crippen LogP contribution in [0.1, 0.15) is 15.3 Å². The van der Waals surface area contributed by atoms with E-state index >= 15 is 0 Å². The SMILES string of the molecule is O=C(Nc1cc(Cl)cc(Cl)c1)OCc1ccc(C#Cc2ccccc2)s1. The summed E-state index contributed by atoms with van der Waals surface area (Å²) in [5.41, 5.74) is 1.44. The van der Waals surface area contributed by atoms with Gasteiger partial charge in [-0.05, 0) is 42.5 Å². The molecule has 0 unspecified atom stereocenters. The second-order valence-electron chi connectivity index (χ2n) is 5.24. The minimum absolute atomic E-state index is 0.164. The predicted molar refractivity (Wildman–Crippen MR) is 107 cm³/mol. The van der Waals surface area contributed by atoms with Crippen molar-refractivity contribution in [2.75, 3.05) is 5.32 Å². The number of ether oxygens (including phenoxy) is 1. The Labute approximate surface area is 165 Å². The minimum atomic E-state index is -0.575. The molecule has 1 N–H and O–H groups in total. The van der Waals surface area contributed by atoms with Gasteiger partial charge in [-0.25, -0.2) is 4.79 Å². The Kier molecular flexibility index (Phi) is 6.19. The van der Waals surface area contributed by atoms with Crippen LogP contribution in [0.25, 0.3) is 0 Å². The van der Waals surface area contributed by atoms with Crippen LogP contribution in [0.4, 0.5) is 10.5 Å². The zero-order valence-corrected chi connectivity index (χ0v) is 15.8. The van der Waals surface area contributed by atoms with Gasteiger partial charge in [0.05, 0.1) is 4.88 Å². The second-order valence-corrected chi connectivity index (χ2v) is 7.28. The predicted octanol–water partition coefficient (Wildman–Crippen LogP) is 6.20. The van der Waals surface area contributed by atoms with E-state index in [0.717, 1.165) is 15.3 Å². The molecule has 3 rings (SSSR count). The van der Waals surface area contributed by atoms with Gasteiger partial charge in [0.25, 0.3) is 0 Å². The Morgan fingerprint density at radius 2 is 1.73 bits per heavy atom. The van der Waals surface area contributed by atoms with Gasteiger partial charge in [0, 0.05) is 26.2 Å². The van der Waals surface area contributed by atoms with Crippen molar-refractivity contribution in [2.45, 2.75) is 6.61 Å². The van der Waals surface area contributed by atoms with Gasteiger partial charge in [-0.2, -0.15) is 0 Å². The van der Waals surface area contributed by atoms with Crippen molar-refractivity contribution >= 4 is 46.3 Å². The van der Waals surface area contributed by atoms with E-state index in [1.54, 1.807) is 18.2 Å². The van der Waals surface area contributed by atoms with Crippen LogP contribution >= 0.6 is 34.5 Å². The van der Waals surface area contributed by atoms with Gasteiger partial charge in [-0.15, -0.1) is 11.3 Å². The van der Waals surface area contributed by atoms with Gasteiger partial charge in [0.1, 0.15) is 6.61 Å². The molecule has 0 atom stereocenters. The van der Waals surface area contributed by atoms with E-state index in [0.29, 0.717) is 15.7 Å². The first-order chi connectivity index (χ1) is 12.6. The van der Waals surface area contributed by atoms with E-state index in [-0.39, 0.29) is 6.61 Å². The van der Waals surface area contributed by atoms with E-state index in [9.17, 15) is 4.79 Å². The average molecular weight is 402 g/mol. The minimum Gasteiger partial charge on any atom is -0.444 e. The molecule has 26 heavy (non-hydrogen) atoms. The third-order valence-electron chi connectivity index (χ3n) is 3.22. The van der Waals surface area contributed by atoms with Crippen molar-refractivity contribution < 1.29 is 9.53 Å². The molecule has 1 amide bonds. The average Bonchev–Trinajstić information content (AvgIpc) is 3.06. The van der Waals surface area contributed by atoms with Gasteiger partial charge < -0.3 is 4.74 Å². The fourth-order valence-corrected chi connectivity index (χ4v) is 3.40. The van der Waals surface area contributed by atoms with Crippen LogP contribution < -0.4 is 5.32 Å². The lowest BCUT2D eigenvalue weighted by Crippen LogP contribution is -2.13. The van der Waals surface area contributed by atoms with Crippen LogP contribution in [0.2, 0.25) is 10.0 Å². The summed E-state index contributed by atoms with van der Waals surface area (Å²) in [5, 5.41) is 3.47. The highest BCUT2D eigenvalue weighted by atomic mass is 35.5. The van der Waals surface area contributed by atoms with Gasteiger partial charge in [-0.3, -0.25) is 5.32 Å². The van der Waals surface area contributed by atoms with Crippen molar-refractivity contribution in [3.63, 3.8) is 0 Å². The standard InChI is InChI=1S/C20H13Cl2NO2S/c21-15-10-16(22)12-17(11-15)23-20(24)25-13-19-9-8-18(26-19)7-6-14-4-2-1-3-5-14/h1-5,8-12H,13H2,(H,23,24). The molecule has 0 aliphatic rings. The quantitative estimate of drug-likeness (QED) is 0.530. The maximum atomic E-state index is 11.9. The van der Waals surface area contributed by atoms with Crippen molar-refractivity contribution in [3.05, 3.63) is 86.0 Å². The first-order valence-corrected chi connectivity index (χ1v) is 9.21. The number of anilines is 1. The van der Waals surface area contributed by atoms with E-state index in [2.05, 4.69) is 17.2 Å². The summed E-state index contributed by atoms with van der Waals surface area (Å²) in [6.45, 7) is 0.164. The van der Waals surface area contributed by atoms with Crippen LogP contribution in [0.5, 0.6) is 0 Å².